The Kier molecular flexibility index (Phi) is 2.83. The first-order chi connectivity index (χ1) is 8.05. The van der Waals surface area contributed by atoms with Crippen LogP contribution in [-0.4, -0.2) is 12.6 Å². The molecule has 1 aromatic heterocycles. The number of fused-ring (bicyclic) bond motifs is 1. The van der Waals surface area contributed by atoms with E-state index in [9.17, 15) is 13.6 Å². The number of carbonyl (C=O) groups excluding carboxylic acids is 1. The summed E-state index contributed by atoms with van der Waals surface area (Å²) in [4.78, 5) is 11.1. The number of ether oxygens (including phenoxy) is 1. The third kappa shape index (κ3) is 2.00. The van der Waals surface area contributed by atoms with Gasteiger partial charge in [0, 0.05) is 10.9 Å². The summed E-state index contributed by atoms with van der Waals surface area (Å²) in [6.45, 7) is 1.40. The predicted octanol–water partition coefficient (Wildman–Crippen LogP) is 3.09. The summed E-state index contributed by atoms with van der Waals surface area (Å²) in [6.07, 6.45) is 1.40. The van der Waals surface area contributed by atoms with Crippen LogP contribution in [0.4, 0.5) is 8.78 Å². The van der Waals surface area contributed by atoms with Crippen LogP contribution in [0.15, 0.2) is 34.9 Å². The topological polar surface area (TPSA) is 39.4 Å². The average molecular weight is 240 g/mol. The second kappa shape index (κ2) is 4.16. The van der Waals surface area contributed by atoms with E-state index in [-0.39, 0.29) is 6.61 Å². The van der Waals surface area contributed by atoms with E-state index in [4.69, 9.17) is 4.42 Å². The fraction of sp³-hybridized carbons (Fsp3) is 0.250. The number of benzene rings is 1. The number of rotatable bonds is 3. The SMILES string of the molecule is CCOC(=O)C(F)(F)c1ccc2occc2c1. The van der Waals surface area contributed by atoms with Crippen LogP contribution in [-0.2, 0) is 15.5 Å². The monoisotopic (exact) mass is 240 g/mol. The van der Waals surface area contributed by atoms with Gasteiger partial charge in [0.2, 0.25) is 0 Å². The summed E-state index contributed by atoms with van der Waals surface area (Å²) in [5, 5.41) is 0.520. The van der Waals surface area contributed by atoms with E-state index in [2.05, 4.69) is 4.74 Å². The molecule has 17 heavy (non-hydrogen) atoms. The number of carbonyl (C=O) groups is 1. The molecule has 0 aliphatic rings. The van der Waals surface area contributed by atoms with Crippen molar-refractivity contribution in [3.63, 3.8) is 0 Å². The molecule has 0 saturated carbocycles. The van der Waals surface area contributed by atoms with E-state index in [1.807, 2.05) is 0 Å². The highest BCUT2D eigenvalue weighted by atomic mass is 19.3. The van der Waals surface area contributed by atoms with Crippen LogP contribution >= 0.6 is 0 Å². The zero-order valence-electron chi connectivity index (χ0n) is 9.07. The molecular weight excluding hydrogens is 230 g/mol. The Labute approximate surface area is 96.0 Å². The van der Waals surface area contributed by atoms with Crippen molar-refractivity contribution in [2.24, 2.45) is 0 Å². The summed E-state index contributed by atoms with van der Waals surface area (Å²) in [5.41, 5.74) is 0.0956. The van der Waals surface area contributed by atoms with Crippen molar-refractivity contribution in [1.82, 2.24) is 0 Å². The van der Waals surface area contributed by atoms with E-state index >= 15 is 0 Å². The fourth-order valence-electron chi connectivity index (χ4n) is 1.50. The molecule has 0 N–H and O–H groups in total. The lowest BCUT2D eigenvalue weighted by molar-refractivity contribution is -0.173. The minimum Gasteiger partial charge on any atom is -0.464 e. The van der Waals surface area contributed by atoms with Crippen LogP contribution < -0.4 is 0 Å². The minimum atomic E-state index is -3.64. The molecule has 0 radical (unpaired) electrons. The number of furan rings is 1. The zero-order valence-corrected chi connectivity index (χ0v) is 9.07. The van der Waals surface area contributed by atoms with Crippen molar-refractivity contribution in [3.05, 3.63) is 36.1 Å². The lowest BCUT2D eigenvalue weighted by Gasteiger charge is -2.14. The van der Waals surface area contributed by atoms with Gasteiger partial charge in [-0.25, -0.2) is 4.79 Å². The third-order valence-electron chi connectivity index (χ3n) is 2.35. The minimum absolute atomic E-state index is 0.0810. The largest absolute Gasteiger partial charge is 0.464 e. The van der Waals surface area contributed by atoms with Crippen molar-refractivity contribution in [2.75, 3.05) is 6.61 Å². The third-order valence-corrected chi connectivity index (χ3v) is 2.35. The fourth-order valence-corrected chi connectivity index (χ4v) is 1.50. The molecule has 0 aliphatic heterocycles. The molecule has 2 aromatic rings. The van der Waals surface area contributed by atoms with Crippen molar-refractivity contribution in [1.29, 1.82) is 0 Å². The smallest absolute Gasteiger partial charge is 0.381 e. The number of hydrogen-bond acceptors (Lipinski definition) is 3. The van der Waals surface area contributed by atoms with E-state index in [1.54, 1.807) is 6.07 Å². The zero-order chi connectivity index (χ0) is 12.5. The molecule has 0 spiro atoms. The Bertz CT molecular complexity index is 545. The average Bonchev–Trinajstić information content (AvgIpc) is 2.76. The van der Waals surface area contributed by atoms with E-state index < -0.39 is 17.5 Å². The van der Waals surface area contributed by atoms with Gasteiger partial charge in [0.25, 0.3) is 0 Å². The Hall–Kier alpha value is -1.91. The van der Waals surface area contributed by atoms with Gasteiger partial charge in [-0.15, -0.1) is 0 Å². The normalized spacial score (nSPS) is 11.7. The first kappa shape index (κ1) is 11.6. The summed E-state index contributed by atoms with van der Waals surface area (Å²) in [5.74, 6) is -5.18. The lowest BCUT2D eigenvalue weighted by Crippen LogP contribution is -2.28. The maximum Gasteiger partial charge on any atom is 0.381 e. The summed E-state index contributed by atoms with van der Waals surface area (Å²) in [7, 11) is 0. The second-order valence-corrected chi connectivity index (χ2v) is 3.47. The Balaban J connectivity index is 2.40. The summed E-state index contributed by atoms with van der Waals surface area (Å²) in [6, 6.07) is 5.33. The molecule has 0 amide bonds. The van der Waals surface area contributed by atoms with Gasteiger partial charge in [-0.2, -0.15) is 8.78 Å². The van der Waals surface area contributed by atoms with Crippen molar-refractivity contribution in [3.8, 4) is 0 Å². The highest BCUT2D eigenvalue weighted by molar-refractivity contribution is 5.83. The van der Waals surface area contributed by atoms with Crippen molar-refractivity contribution >= 4 is 16.9 Å². The predicted molar refractivity (Wildman–Crippen MR) is 56.7 cm³/mol. The van der Waals surface area contributed by atoms with Crippen LogP contribution in [0.5, 0.6) is 0 Å². The molecule has 0 bridgehead atoms. The van der Waals surface area contributed by atoms with Gasteiger partial charge >= 0.3 is 11.9 Å². The Morgan fingerprint density at radius 2 is 2.18 bits per heavy atom. The number of alkyl halides is 2. The Morgan fingerprint density at radius 1 is 1.41 bits per heavy atom. The molecule has 5 heteroatoms. The van der Waals surface area contributed by atoms with Crippen molar-refractivity contribution < 1.29 is 22.7 Å². The number of halogens is 2. The molecule has 90 valence electrons. The van der Waals surface area contributed by atoms with Crippen LogP contribution in [0.1, 0.15) is 12.5 Å². The van der Waals surface area contributed by atoms with Gasteiger partial charge in [0.05, 0.1) is 12.9 Å². The molecule has 0 unspecified atom stereocenters. The maximum absolute atomic E-state index is 13.7. The second-order valence-electron chi connectivity index (χ2n) is 3.47. The highest BCUT2D eigenvalue weighted by Gasteiger charge is 2.42. The molecule has 3 nitrogen and oxygen atoms in total. The van der Waals surface area contributed by atoms with Gasteiger partial charge in [-0.3, -0.25) is 0 Å². The first-order valence-electron chi connectivity index (χ1n) is 5.08. The van der Waals surface area contributed by atoms with Gasteiger partial charge in [0.1, 0.15) is 5.58 Å². The van der Waals surface area contributed by atoms with Gasteiger partial charge in [0.15, 0.2) is 0 Å². The maximum atomic E-state index is 13.7. The molecule has 1 aromatic carbocycles. The van der Waals surface area contributed by atoms with Gasteiger partial charge in [-0.1, -0.05) is 0 Å². The van der Waals surface area contributed by atoms with Crippen LogP contribution in [0.2, 0.25) is 0 Å². The van der Waals surface area contributed by atoms with Crippen LogP contribution in [0.25, 0.3) is 11.0 Å². The molecular formula is C12H10F2O3. The molecule has 0 fully saturated rings. The summed E-state index contributed by atoms with van der Waals surface area (Å²) >= 11 is 0. The van der Waals surface area contributed by atoms with Crippen molar-refractivity contribution in [2.45, 2.75) is 12.8 Å². The highest BCUT2D eigenvalue weighted by Crippen LogP contribution is 2.31. The quantitative estimate of drug-likeness (QED) is 0.774. The number of esters is 1. The van der Waals surface area contributed by atoms with E-state index in [0.29, 0.717) is 11.0 Å². The standard InChI is InChI=1S/C12H10F2O3/c1-2-16-11(15)12(13,14)9-3-4-10-8(7-9)5-6-17-10/h3-7H,2H2,1H3. The molecule has 0 aliphatic carbocycles. The summed E-state index contributed by atoms with van der Waals surface area (Å²) < 4.78 is 36.7. The van der Waals surface area contributed by atoms with Crippen LogP contribution in [0.3, 0.4) is 0 Å². The molecule has 2 rings (SSSR count). The number of hydrogen-bond donors (Lipinski definition) is 0. The molecule has 0 atom stereocenters. The lowest BCUT2D eigenvalue weighted by atomic mass is 10.1. The Morgan fingerprint density at radius 3 is 2.88 bits per heavy atom. The molecule has 0 saturated heterocycles. The van der Waals surface area contributed by atoms with E-state index in [0.717, 1.165) is 6.07 Å². The van der Waals surface area contributed by atoms with Crippen LogP contribution in [0, 0.1) is 0 Å². The molecule has 1 heterocycles. The van der Waals surface area contributed by atoms with Gasteiger partial charge < -0.3 is 9.15 Å². The van der Waals surface area contributed by atoms with Gasteiger partial charge in [-0.05, 0) is 31.2 Å². The first-order valence-corrected chi connectivity index (χ1v) is 5.08. The van der Waals surface area contributed by atoms with E-state index in [1.165, 1.54) is 25.3 Å².